The van der Waals surface area contributed by atoms with Gasteiger partial charge in [-0.3, -0.25) is 0 Å². The van der Waals surface area contributed by atoms with Crippen molar-refractivity contribution >= 4 is 17.6 Å². The average Bonchev–Trinajstić information content (AvgIpc) is 2.72. The highest BCUT2D eigenvalue weighted by molar-refractivity contribution is 6.26. The van der Waals surface area contributed by atoms with E-state index < -0.39 is 23.2 Å². The van der Waals surface area contributed by atoms with Crippen LogP contribution in [0.2, 0.25) is 0 Å². The standard InChI is InChI=1S/C15H10O6/c16-8-1-2-13-9(6-8)10(15(20)21-13)3-7-4-11(17)14(19)12(18)5-7/h1-6,16-19H/b10-3-. The second-order valence-corrected chi connectivity index (χ2v) is 4.54. The van der Waals surface area contributed by atoms with Crippen LogP contribution in [0.15, 0.2) is 30.3 Å². The Labute approximate surface area is 118 Å². The van der Waals surface area contributed by atoms with Crippen LogP contribution in [0.5, 0.6) is 28.7 Å². The zero-order chi connectivity index (χ0) is 15.1. The minimum absolute atomic E-state index is 0.0191. The summed E-state index contributed by atoms with van der Waals surface area (Å²) in [5.41, 5.74) is 0.878. The lowest BCUT2D eigenvalue weighted by Gasteiger charge is -2.03. The summed E-state index contributed by atoms with van der Waals surface area (Å²) in [6, 6.07) is 6.63. The molecular weight excluding hydrogens is 276 g/mol. The van der Waals surface area contributed by atoms with Crippen molar-refractivity contribution in [2.75, 3.05) is 0 Å². The summed E-state index contributed by atoms with van der Waals surface area (Å²) in [6.45, 7) is 0. The van der Waals surface area contributed by atoms with E-state index in [1.54, 1.807) is 0 Å². The third-order valence-electron chi connectivity index (χ3n) is 3.08. The van der Waals surface area contributed by atoms with Crippen molar-refractivity contribution in [2.45, 2.75) is 0 Å². The lowest BCUT2D eigenvalue weighted by atomic mass is 10.0. The van der Waals surface area contributed by atoms with Crippen molar-refractivity contribution in [3.63, 3.8) is 0 Å². The van der Waals surface area contributed by atoms with E-state index in [2.05, 4.69) is 0 Å². The number of carbonyl (C=O) groups is 1. The Kier molecular flexibility index (Phi) is 2.72. The first-order chi connectivity index (χ1) is 9.95. The second-order valence-electron chi connectivity index (χ2n) is 4.54. The predicted octanol–water partition coefficient (Wildman–Crippen LogP) is 1.97. The van der Waals surface area contributed by atoms with Crippen LogP contribution in [0, 0.1) is 0 Å². The Morgan fingerprint density at radius 1 is 0.952 bits per heavy atom. The number of hydrogen-bond acceptors (Lipinski definition) is 6. The maximum absolute atomic E-state index is 11.8. The van der Waals surface area contributed by atoms with Gasteiger partial charge < -0.3 is 25.2 Å². The molecule has 0 saturated heterocycles. The van der Waals surface area contributed by atoms with Crippen molar-refractivity contribution in [3.8, 4) is 28.7 Å². The van der Waals surface area contributed by atoms with Gasteiger partial charge in [-0.05, 0) is 42.0 Å². The molecule has 0 amide bonds. The highest BCUT2D eigenvalue weighted by Gasteiger charge is 2.27. The van der Waals surface area contributed by atoms with Crippen molar-refractivity contribution in [1.82, 2.24) is 0 Å². The van der Waals surface area contributed by atoms with Crippen LogP contribution in [0.25, 0.3) is 11.6 Å². The van der Waals surface area contributed by atoms with E-state index in [-0.39, 0.29) is 11.3 Å². The molecule has 106 valence electrons. The molecule has 21 heavy (non-hydrogen) atoms. The summed E-state index contributed by atoms with van der Waals surface area (Å²) in [6.07, 6.45) is 1.38. The predicted molar refractivity (Wildman–Crippen MR) is 73.0 cm³/mol. The Hall–Kier alpha value is -3.15. The molecule has 4 N–H and O–H groups in total. The summed E-state index contributed by atoms with van der Waals surface area (Å²) in [5.74, 6) is -1.97. The first kappa shape index (κ1) is 12.9. The number of esters is 1. The van der Waals surface area contributed by atoms with Gasteiger partial charge in [-0.25, -0.2) is 4.79 Å². The fourth-order valence-corrected chi connectivity index (χ4v) is 2.09. The third-order valence-corrected chi connectivity index (χ3v) is 3.08. The zero-order valence-corrected chi connectivity index (χ0v) is 10.6. The smallest absolute Gasteiger partial charge is 0.344 e. The molecule has 1 heterocycles. The van der Waals surface area contributed by atoms with Gasteiger partial charge >= 0.3 is 5.97 Å². The lowest BCUT2D eigenvalue weighted by molar-refractivity contribution is -0.126. The van der Waals surface area contributed by atoms with Gasteiger partial charge in [-0.2, -0.15) is 0 Å². The highest BCUT2D eigenvalue weighted by atomic mass is 16.5. The first-order valence-corrected chi connectivity index (χ1v) is 5.98. The van der Waals surface area contributed by atoms with Crippen molar-refractivity contribution < 1.29 is 30.0 Å². The van der Waals surface area contributed by atoms with Crippen LogP contribution >= 0.6 is 0 Å². The number of phenols is 4. The molecule has 2 aromatic carbocycles. The van der Waals surface area contributed by atoms with E-state index >= 15 is 0 Å². The quantitative estimate of drug-likeness (QED) is 0.276. The number of benzene rings is 2. The molecule has 6 nitrogen and oxygen atoms in total. The van der Waals surface area contributed by atoms with Gasteiger partial charge in [-0.15, -0.1) is 0 Å². The van der Waals surface area contributed by atoms with E-state index in [1.807, 2.05) is 0 Å². The van der Waals surface area contributed by atoms with Gasteiger partial charge in [-0.1, -0.05) is 0 Å². The fraction of sp³-hybridized carbons (Fsp3) is 0. The number of ether oxygens (including phenoxy) is 1. The maximum atomic E-state index is 11.8. The van der Waals surface area contributed by atoms with E-state index in [1.165, 1.54) is 36.4 Å². The molecule has 1 aliphatic rings. The molecule has 0 unspecified atom stereocenters. The van der Waals surface area contributed by atoms with E-state index in [9.17, 15) is 25.2 Å². The van der Waals surface area contributed by atoms with Crippen LogP contribution in [0.1, 0.15) is 11.1 Å². The minimum atomic E-state index is -0.635. The van der Waals surface area contributed by atoms with Crippen LogP contribution in [-0.2, 0) is 4.79 Å². The highest BCUT2D eigenvalue weighted by Crippen LogP contribution is 2.40. The van der Waals surface area contributed by atoms with Crippen LogP contribution in [0.3, 0.4) is 0 Å². The van der Waals surface area contributed by atoms with Gasteiger partial charge in [0.25, 0.3) is 0 Å². The molecule has 0 saturated carbocycles. The second kappa shape index (κ2) is 4.45. The molecule has 1 aliphatic heterocycles. The Morgan fingerprint density at radius 3 is 2.29 bits per heavy atom. The molecule has 3 rings (SSSR count). The topological polar surface area (TPSA) is 107 Å². The van der Waals surface area contributed by atoms with Crippen LogP contribution in [0.4, 0.5) is 0 Å². The number of aromatic hydroxyl groups is 4. The molecule has 0 atom stereocenters. The molecule has 0 bridgehead atoms. The van der Waals surface area contributed by atoms with Gasteiger partial charge in [0.05, 0.1) is 5.57 Å². The Balaban J connectivity index is 2.13. The summed E-state index contributed by atoms with van der Waals surface area (Å²) < 4.78 is 5.04. The van der Waals surface area contributed by atoms with Crippen molar-refractivity contribution in [1.29, 1.82) is 0 Å². The number of rotatable bonds is 1. The zero-order valence-electron chi connectivity index (χ0n) is 10.6. The lowest BCUT2D eigenvalue weighted by Crippen LogP contribution is -2.00. The van der Waals surface area contributed by atoms with Crippen molar-refractivity contribution in [2.24, 2.45) is 0 Å². The molecule has 0 aliphatic carbocycles. The summed E-state index contributed by atoms with van der Waals surface area (Å²) in [7, 11) is 0. The van der Waals surface area contributed by atoms with Crippen LogP contribution in [-0.4, -0.2) is 26.4 Å². The Morgan fingerprint density at radius 2 is 1.62 bits per heavy atom. The third kappa shape index (κ3) is 2.12. The first-order valence-electron chi connectivity index (χ1n) is 5.98. The maximum Gasteiger partial charge on any atom is 0.344 e. The van der Waals surface area contributed by atoms with Gasteiger partial charge in [0.1, 0.15) is 11.5 Å². The fourth-order valence-electron chi connectivity index (χ4n) is 2.09. The summed E-state index contributed by atoms with van der Waals surface area (Å²) in [4.78, 5) is 11.8. The number of carbonyl (C=O) groups excluding carboxylic acids is 1. The van der Waals surface area contributed by atoms with Gasteiger partial charge in [0, 0.05) is 5.56 Å². The molecule has 0 radical (unpaired) electrons. The molecule has 6 heteroatoms. The monoisotopic (exact) mass is 286 g/mol. The van der Waals surface area contributed by atoms with E-state index in [0.29, 0.717) is 16.9 Å². The molecular formula is C15H10O6. The molecule has 0 aromatic heterocycles. The Bertz CT molecular complexity index is 768. The number of fused-ring (bicyclic) bond motifs is 1. The average molecular weight is 286 g/mol. The van der Waals surface area contributed by atoms with E-state index in [0.717, 1.165) is 0 Å². The van der Waals surface area contributed by atoms with Gasteiger partial charge in [0.2, 0.25) is 0 Å². The number of phenolic OH excluding ortho intramolecular Hbond substituents is 4. The van der Waals surface area contributed by atoms with Crippen molar-refractivity contribution in [3.05, 3.63) is 41.5 Å². The normalized spacial score (nSPS) is 15.0. The van der Waals surface area contributed by atoms with Crippen LogP contribution < -0.4 is 4.74 Å². The summed E-state index contributed by atoms with van der Waals surface area (Å²) >= 11 is 0. The SMILES string of the molecule is O=C1Oc2ccc(O)cc2/C1=C/c1cc(O)c(O)c(O)c1. The largest absolute Gasteiger partial charge is 0.508 e. The molecule has 0 spiro atoms. The van der Waals surface area contributed by atoms with E-state index in [4.69, 9.17) is 4.74 Å². The minimum Gasteiger partial charge on any atom is -0.508 e. The van der Waals surface area contributed by atoms with Gasteiger partial charge in [0.15, 0.2) is 17.2 Å². The molecule has 2 aromatic rings. The summed E-state index contributed by atoms with van der Waals surface area (Å²) in [5, 5.41) is 37.7. The number of hydrogen-bond donors (Lipinski definition) is 4. The molecule has 0 fully saturated rings.